The van der Waals surface area contributed by atoms with Crippen molar-refractivity contribution in [3.63, 3.8) is 0 Å². The second-order valence-corrected chi connectivity index (χ2v) is 4.19. The lowest BCUT2D eigenvalue weighted by Gasteiger charge is -2.07. The molecule has 0 amide bonds. The molecule has 0 fully saturated rings. The molecule has 0 spiro atoms. The number of hydrogen-bond donors (Lipinski definition) is 1. The van der Waals surface area contributed by atoms with Gasteiger partial charge in [0.2, 0.25) is 0 Å². The molecule has 0 saturated heterocycles. The Morgan fingerprint density at radius 1 is 1.20 bits per heavy atom. The molecule has 0 saturated carbocycles. The van der Waals surface area contributed by atoms with Crippen LogP contribution in [0.25, 0.3) is 0 Å². The fourth-order valence-electron chi connectivity index (χ4n) is 1.61. The normalized spacial score (nSPS) is 11.6. The van der Waals surface area contributed by atoms with E-state index in [1.54, 1.807) is 12.1 Å². The summed E-state index contributed by atoms with van der Waals surface area (Å²) in [6.07, 6.45) is -2.60. The van der Waals surface area contributed by atoms with E-state index < -0.39 is 11.7 Å². The van der Waals surface area contributed by atoms with Gasteiger partial charge in [-0.1, -0.05) is 12.1 Å². The molecular weight excluding hydrogens is 271 g/mol. The second-order valence-electron chi connectivity index (χ2n) is 4.19. The molecule has 1 aromatic heterocycles. The van der Waals surface area contributed by atoms with Crippen LogP contribution in [0.15, 0.2) is 36.7 Å². The van der Waals surface area contributed by atoms with Crippen LogP contribution >= 0.6 is 0 Å². The van der Waals surface area contributed by atoms with Crippen LogP contribution in [-0.2, 0) is 19.3 Å². The Balaban J connectivity index is 1.84. The molecule has 4 nitrogen and oxygen atoms in total. The van der Waals surface area contributed by atoms with Crippen LogP contribution in [0.5, 0.6) is 5.75 Å². The van der Waals surface area contributed by atoms with Gasteiger partial charge in [0.1, 0.15) is 12.4 Å². The Labute approximate surface area is 114 Å². The number of halogens is 3. The molecule has 0 radical (unpaired) electrons. The Morgan fingerprint density at radius 2 is 1.90 bits per heavy atom. The Bertz CT molecular complexity index is 549. The molecule has 2 rings (SSSR count). The number of nitrogens with two attached hydrogens (primary N) is 1. The van der Waals surface area contributed by atoms with Crippen LogP contribution in [0.2, 0.25) is 0 Å². The van der Waals surface area contributed by atoms with Gasteiger partial charge < -0.3 is 10.5 Å². The van der Waals surface area contributed by atoms with Gasteiger partial charge in [-0.2, -0.15) is 18.3 Å². The molecule has 2 N–H and O–H groups in total. The molecular formula is C13H14F3N3O. The smallest absolute Gasteiger partial charge is 0.419 e. The van der Waals surface area contributed by atoms with Gasteiger partial charge in [0, 0.05) is 12.7 Å². The summed E-state index contributed by atoms with van der Waals surface area (Å²) in [5.74, 6) is 0.644. The van der Waals surface area contributed by atoms with Crippen molar-refractivity contribution >= 4 is 0 Å². The zero-order valence-corrected chi connectivity index (χ0v) is 10.6. The van der Waals surface area contributed by atoms with E-state index in [-0.39, 0.29) is 13.2 Å². The van der Waals surface area contributed by atoms with Gasteiger partial charge in [0.05, 0.1) is 18.3 Å². The van der Waals surface area contributed by atoms with E-state index in [0.717, 1.165) is 18.0 Å². The Kier molecular flexibility index (Phi) is 4.29. The number of alkyl halides is 3. The summed E-state index contributed by atoms with van der Waals surface area (Å²) in [7, 11) is 0. The van der Waals surface area contributed by atoms with Crippen molar-refractivity contribution in [1.29, 1.82) is 0 Å². The Hall–Kier alpha value is -2.02. The van der Waals surface area contributed by atoms with Gasteiger partial charge in [-0.25, -0.2) is 0 Å². The number of aromatic nitrogens is 2. The maximum atomic E-state index is 12.4. The van der Waals surface area contributed by atoms with Crippen LogP contribution in [0, 0.1) is 0 Å². The van der Waals surface area contributed by atoms with Gasteiger partial charge in [0.15, 0.2) is 0 Å². The maximum absolute atomic E-state index is 12.4. The second kappa shape index (κ2) is 5.96. The predicted molar refractivity (Wildman–Crippen MR) is 67.1 cm³/mol. The topological polar surface area (TPSA) is 53.1 Å². The average Bonchev–Trinajstić information content (AvgIpc) is 2.88. The third-order valence-corrected chi connectivity index (χ3v) is 2.71. The zero-order valence-electron chi connectivity index (χ0n) is 10.6. The van der Waals surface area contributed by atoms with E-state index in [0.29, 0.717) is 12.3 Å². The van der Waals surface area contributed by atoms with E-state index >= 15 is 0 Å². The summed E-state index contributed by atoms with van der Waals surface area (Å²) in [6, 6.07) is 7.22. The summed E-state index contributed by atoms with van der Waals surface area (Å²) < 4.78 is 43.7. The molecule has 0 unspecified atom stereocenters. The van der Waals surface area contributed by atoms with Crippen molar-refractivity contribution in [2.45, 2.75) is 19.3 Å². The zero-order chi connectivity index (χ0) is 14.6. The van der Waals surface area contributed by atoms with Crippen LogP contribution in [-0.4, -0.2) is 16.4 Å². The van der Waals surface area contributed by atoms with E-state index in [1.165, 1.54) is 4.68 Å². The largest absolute Gasteiger partial charge is 0.492 e. The molecule has 20 heavy (non-hydrogen) atoms. The third-order valence-electron chi connectivity index (χ3n) is 2.71. The third kappa shape index (κ3) is 3.74. The molecule has 2 aromatic rings. The molecule has 1 aromatic carbocycles. The number of ether oxygens (including phenoxy) is 1. The van der Waals surface area contributed by atoms with Crippen molar-refractivity contribution < 1.29 is 17.9 Å². The molecule has 1 heterocycles. The molecule has 0 bridgehead atoms. The SMILES string of the molecule is NCc1ccc(OCCn2cc(C(F)(F)F)cn2)cc1. The van der Waals surface area contributed by atoms with E-state index in [4.69, 9.17) is 10.5 Å². The quantitative estimate of drug-likeness (QED) is 0.918. The Morgan fingerprint density at radius 3 is 2.45 bits per heavy atom. The first-order chi connectivity index (χ1) is 9.49. The summed E-state index contributed by atoms with van der Waals surface area (Å²) in [6.45, 7) is 0.934. The highest BCUT2D eigenvalue weighted by Gasteiger charge is 2.32. The molecule has 7 heteroatoms. The predicted octanol–water partition coefficient (Wildman–Crippen LogP) is 2.44. The summed E-state index contributed by atoms with van der Waals surface area (Å²) in [4.78, 5) is 0. The summed E-state index contributed by atoms with van der Waals surface area (Å²) in [5, 5.41) is 3.64. The van der Waals surface area contributed by atoms with Crippen molar-refractivity contribution in [2.24, 2.45) is 5.73 Å². The minimum absolute atomic E-state index is 0.237. The minimum Gasteiger partial charge on any atom is -0.492 e. The molecule has 108 valence electrons. The van der Waals surface area contributed by atoms with Crippen molar-refractivity contribution in [3.05, 3.63) is 47.8 Å². The maximum Gasteiger partial charge on any atom is 0.419 e. The number of rotatable bonds is 5. The number of nitrogens with zero attached hydrogens (tertiary/aromatic N) is 2. The lowest BCUT2D eigenvalue weighted by atomic mass is 10.2. The summed E-state index contributed by atoms with van der Waals surface area (Å²) in [5.41, 5.74) is 5.70. The van der Waals surface area contributed by atoms with Crippen LogP contribution in [0.1, 0.15) is 11.1 Å². The van der Waals surface area contributed by atoms with Crippen molar-refractivity contribution in [1.82, 2.24) is 9.78 Å². The van der Waals surface area contributed by atoms with E-state index in [2.05, 4.69) is 5.10 Å². The minimum atomic E-state index is -4.36. The standard InChI is InChI=1S/C13H14F3N3O/c14-13(15,16)11-8-18-19(9-11)5-6-20-12-3-1-10(7-17)2-4-12/h1-4,8-9H,5-7,17H2. The first-order valence-corrected chi connectivity index (χ1v) is 6.00. The lowest BCUT2D eigenvalue weighted by molar-refractivity contribution is -0.137. The fourth-order valence-corrected chi connectivity index (χ4v) is 1.61. The summed E-state index contributed by atoms with van der Waals surface area (Å²) >= 11 is 0. The van der Waals surface area contributed by atoms with Crippen molar-refractivity contribution in [2.75, 3.05) is 6.61 Å². The van der Waals surface area contributed by atoms with Crippen LogP contribution < -0.4 is 10.5 Å². The highest BCUT2D eigenvalue weighted by atomic mass is 19.4. The fraction of sp³-hybridized carbons (Fsp3) is 0.308. The van der Waals surface area contributed by atoms with Crippen molar-refractivity contribution in [3.8, 4) is 5.75 Å². The van der Waals surface area contributed by atoms with Gasteiger partial charge in [-0.3, -0.25) is 4.68 Å². The molecule has 0 aliphatic heterocycles. The number of hydrogen-bond acceptors (Lipinski definition) is 3. The number of benzene rings is 1. The lowest BCUT2D eigenvalue weighted by Crippen LogP contribution is -2.09. The first-order valence-electron chi connectivity index (χ1n) is 6.00. The molecule has 0 atom stereocenters. The highest BCUT2D eigenvalue weighted by molar-refractivity contribution is 5.27. The van der Waals surface area contributed by atoms with Crippen LogP contribution in [0.3, 0.4) is 0 Å². The van der Waals surface area contributed by atoms with E-state index in [9.17, 15) is 13.2 Å². The van der Waals surface area contributed by atoms with Gasteiger partial charge in [-0.15, -0.1) is 0 Å². The monoisotopic (exact) mass is 285 g/mol. The van der Waals surface area contributed by atoms with E-state index in [1.807, 2.05) is 12.1 Å². The van der Waals surface area contributed by atoms with Crippen LogP contribution in [0.4, 0.5) is 13.2 Å². The molecule has 0 aliphatic rings. The first kappa shape index (κ1) is 14.4. The average molecular weight is 285 g/mol. The van der Waals surface area contributed by atoms with Gasteiger partial charge in [-0.05, 0) is 17.7 Å². The van der Waals surface area contributed by atoms with Gasteiger partial charge in [0.25, 0.3) is 0 Å². The van der Waals surface area contributed by atoms with Gasteiger partial charge >= 0.3 is 6.18 Å². The highest BCUT2D eigenvalue weighted by Crippen LogP contribution is 2.28. The molecule has 0 aliphatic carbocycles.